The molecule has 30 heavy (non-hydrogen) atoms. The van der Waals surface area contributed by atoms with Crippen molar-refractivity contribution in [3.63, 3.8) is 0 Å². The number of nitrogens with zero attached hydrogens (tertiary/aromatic N) is 3. The van der Waals surface area contributed by atoms with Gasteiger partial charge in [0.1, 0.15) is 9.84 Å². The first-order valence-corrected chi connectivity index (χ1v) is 12.0. The Balaban J connectivity index is 0.00000450. The summed E-state index contributed by atoms with van der Waals surface area (Å²) in [6.07, 6.45) is 5.61. The van der Waals surface area contributed by atoms with Crippen LogP contribution in [0.5, 0.6) is 0 Å². The second-order valence-electron chi connectivity index (χ2n) is 8.07. The molecule has 9 heteroatoms. The number of nitrogens with one attached hydrogen (secondary N) is 2. The third kappa shape index (κ3) is 9.92. The first-order chi connectivity index (χ1) is 13.7. The van der Waals surface area contributed by atoms with E-state index in [-0.39, 0.29) is 35.1 Å². The second kappa shape index (κ2) is 12.3. The number of aliphatic imine (C=N–C) groups is 1. The van der Waals surface area contributed by atoms with Crippen LogP contribution in [0, 0.1) is 5.41 Å². The Morgan fingerprint density at radius 3 is 2.47 bits per heavy atom. The minimum atomic E-state index is -2.96. The lowest BCUT2D eigenvalue weighted by molar-refractivity contribution is 0.348. The number of benzene rings is 1. The van der Waals surface area contributed by atoms with Crippen molar-refractivity contribution in [1.29, 1.82) is 0 Å². The molecule has 0 unspecified atom stereocenters. The van der Waals surface area contributed by atoms with Crippen molar-refractivity contribution in [2.75, 3.05) is 25.1 Å². The zero-order valence-electron chi connectivity index (χ0n) is 18.3. The third-order valence-electron chi connectivity index (χ3n) is 4.65. The molecule has 2 aromatic rings. The highest BCUT2D eigenvalue weighted by Crippen LogP contribution is 2.19. The monoisotopic (exact) mass is 547 g/mol. The largest absolute Gasteiger partial charge is 0.357 e. The van der Waals surface area contributed by atoms with Gasteiger partial charge in [-0.2, -0.15) is 5.10 Å². The van der Waals surface area contributed by atoms with Gasteiger partial charge in [-0.05, 0) is 36.0 Å². The van der Waals surface area contributed by atoms with Crippen LogP contribution in [0.4, 0.5) is 0 Å². The Kier molecular flexibility index (Phi) is 10.8. The molecule has 7 nitrogen and oxygen atoms in total. The maximum Gasteiger partial charge on any atom is 0.191 e. The number of rotatable bonds is 10. The van der Waals surface area contributed by atoms with Crippen molar-refractivity contribution in [2.24, 2.45) is 10.4 Å². The van der Waals surface area contributed by atoms with E-state index < -0.39 is 9.84 Å². The molecular weight excluding hydrogens is 513 g/mol. The Morgan fingerprint density at radius 1 is 1.17 bits per heavy atom. The van der Waals surface area contributed by atoms with Gasteiger partial charge < -0.3 is 10.6 Å². The van der Waals surface area contributed by atoms with Gasteiger partial charge in [-0.15, -0.1) is 24.0 Å². The summed E-state index contributed by atoms with van der Waals surface area (Å²) in [6, 6.07) is 10.1. The summed E-state index contributed by atoms with van der Waals surface area (Å²) in [4.78, 5) is 4.73. The number of aromatic nitrogens is 2. The van der Waals surface area contributed by atoms with Gasteiger partial charge in [0.25, 0.3) is 0 Å². The van der Waals surface area contributed by atoms with Gasteiger partial charge in [0.2, 0.25) is 0 Å². The van der Waals surface area contributed by atoms with E-state index in [1.165, 1.54) is 11.8 Å². The Morgan fingerprint density at radius 2 is 1.87 bits per heavy atom. The van der Waals surface area contributed by atoms with Crippen molar-refractivity contribution in [3.05, 3.63) is 53.9 Å². The first-order valence-electron chi connectivity index (χ1n) is 9.93. The lowest BCUT2D eigenvalue weighted by Crippen LogP contribution is -2.42. The molecule has 0 radical (unpaired) electrons. The van der Waals surface area contributed by atoms with E-state index >= 15 is 0 Å². The summed E-state index contributed by atoms with van der Waals surface area (Å²) < 4.78 is 24.8. The van der Waals surface area contributed by atoms with Crippen LogP contribution in [-0.2, 0) is 22.9 Å². The molecule has 0 saturated carbocycles. The fraction of sp³-hybridized carbons (Fsp3) is 0.524. The predicted octanol–water partition coefficient (Wildman–Crippen LogP) is 3.07. The summed E-state index contributed by atoms with van der Waals surface area (Å²) in [6.45, 7) is 8.81. The number of hydrogen-bond acceptors (Lipinski definition) is 4. The van der Waals surface area contributed by atoms with Gasteiger partial charge in [0.15, 0.2) is 5.96 Å². The quantitative estimate of drug-likeness (QED) is 0.271. The molecule has 2 rings (SSSR count). The van der Waals surface area contributed by atoms with Crippen LogP contribution in [0.2, 0.25) is 0 Å². The fourth-order valence-corrected chi connectivity index (χ4v) is 3.74. The van der Waals surface area contributed by atoms with Gasteiger partial charge in [0.05, 0.1) is 18.8 Å². The van der Waals surface area contributed by atoms with E-state index in [1.54, 1.807) is 6.20 Å². The highest BCUT2D eigenvalue weighted by molar-refractivity contribution is 14.0. The minimum Gasteiger partial charge on any atom is -0.357 e. The van der Waals surface area contributed by atoms with Crippen LogP contribution in [0.3, 0.4) is 0 Å². The number of hydrogen-bond donors (Lipinski definition) is 2. The molecule has 0 saturated heterocycles. The fourth-order valence-electron chi connectivity index (χ4n) is 2.81. The standard InChI is InChI=1S/C21H33N5O2S.HI/c1-5-22-20(24-17-21(2,3)11-14-29(4,27)28)23-15-18-9-6-7-10-19(18)16-26-13-8-12-25-26;/h6-10,12-13H,5,11,14-17H2,1-4H3,(H2,22,23,24);1H. The summed E-state index contributed by atoms with van der Waals surface area (Å²) in [7, 11) is -2.96. The van der Waals surface area contributed by atoms with Gasteiger partial charge >= 0.3 is 0 Å². The van der Waals surface area contributed by atoms with Crippen LogP contribution in [0.15, 0.2) is 47.7 Å². The van der Waals surface area contributed by atoms with Crippen LogP contribution < -0.4 is 10.6 Å². The lowest BCUT2D eigenvalue weighted by Gasteiger charge is -2.25. The molecule has 2 N–H and O–H groups in total. The maximum absolute atomic E-state index is 11.5. The van der Waals surface area contributed by atoms with Crippen molar-refractivity contribution in [1.82, 2.24) is 20.4 Å². The molecule has 0 aliphatic heterocycles. The Bertz CT molecular complexity index is 896. The summed E-state index contributed by atoms with van der Waals surface area (Å²) >= 11 is 0. The lowest BCUT2D eigenvalue weighted by atomic mass is 9.90. The average molecular weight is 548 g/mol. The van der Waals surface area contributed by atoms with E-state index in [4.69, 9.17) is 4.99 Å². The average Bonchev–Trinajstić information content (AvgIpc) is 3.16. The molecule has 0 spiro atoms. The number of sulfone groups is 1. The second-order valence-corrected chi connectivity index (χ2v) is 10.3. The van der Waals surface area contributed by atoms with E-state index in [2.05, 4.69) is 41.7 Å². The van der Waals surface area contributed by atoms with E-state index in [9.17, 15) is 8.42 Å². The molecule has 1 aromatic carbocycles. The van der Waals surface area contributed by atoms with E-state index in [0.717, 1.165) is 18.1 Å². The van der Waals surface area contributed by atoms with E-state index in [1.807, 2.05) is 36.0 Å². The van der Waals surface area contributed by atoms with Crippen LogP contribution in [-0.4, -0.2) is 49.3 Å². The maximum atomic E-state index is 11.5. The molecule has 0 fully saturated rings. The number of guanidine groups is 1. The molecule has 1 heterocycles. The summed E-state index contributed by atoms with van der Waals surface area (Å²) in [5, 5.41) is 10.9. The Hall–Kier alpha value is -1.62. The van der Waals surface area contributed by atoms with Crippen LogP contribution >= 0.6 is 24.0 Å². The predicted molar refractivity (Wildman–Crippen MR) is 134 cm³/mol. The molecule has 168 valence electrons. The van der Waals surface area contributed by atoms with E-state index in [0.29, 0.717) is 26.1 Å². The molecule has 0 atom stereocenters. The van der Waals surface area contributed by atoms with Crippen molar-refractivity contribution in [3.8, 4) is 0 Å². The van der Waals surface area contributed by atoms with Crippen molar-refractivity contribution >= 4 is 39.8 Å². The van der Waals surface area contributed by atoms with Gasteiger partial charge in [-0.3, -0.25) is 4.68 Å². The molecule has 0 bridgehead atoms. The van der Waals surface area contributed by atoms with Crippen LogP contribution in [0.25, 0.3) is 0 Å². The third-order valence-corrected chi connectivity index (χ3v) is 5.59. The topological polar surface area (TPSA) is 88.4 Å². The number of halogens is 1. The molecular formula is C21H34IN5O2S. The molecule has 0 aliphatic carbocycles. The van der Waals surface area contributed by atoms with Crippen molar-refractivity contribution < 1.29 is 8.42 Å². The molecule has 0 aliphatic rings. The zero-order valence-corrected chi connectivity index (χ0v) is 21.4. The molecule has 0 amide bonds. The summed E-state index contributed by atoms with van der Waals surface area (Å²) in [5.41, 5.74) is 2.18. The minimum absolute atomic E-state index is 0. The van der Waals surface area contributed by atoms with Gasteiger partial charge in [-0.1, -0.05) is 38.1 Å². The first kappa shape index (κ1) is 26.4. The SMILES string of the molecule is CCNC(=NCc1ccccc1Cn1cccn1)NCC(C)(C)CCS(C)(=O)=O.I. The van der Waals surface area contributed by atoms with Gasteiger partial charge in [-0.25, -0.2) is 13.4 Å². The Labute approximate surface area is 197 Å². The highest BCUT2D eigenvalue weighted by atomic mass is 127. The summed E-state index contributed by atoms with van der Waals surface area (Å²) in [5.74, 6) is 0.921. The highest BCUT2D eigenvalue weighted by Gasteiger charge is 2.20. The van der Waals surface area contributed by atoms with Gasteiger partial charge in [0, 0.05) is 31.7 Å². The zero-order chi connectivity index (χ0) is 21.3. The molecule has 1 aromatic heterocycles. The normalized spacial score (nSPS) is 12.3. The smallest absolute Gasteiger partial charge is 0.191 e. The van der Waals surface area contributed by atoms with Crippen molar-refractivity contribution in [2.45, 2.75) is 40.3 Å². The van der Waals surface area contributed by atoms with Crippen LogP contribution in [0.1, 0.15) is 38.3 Å².